The molecule has 0 spiro atoms. The van der Waals surface area contributed by atoms with Gasteiger partial charge in [0.25, 0.3) is 0 Å². The van der Waals surface area contributed by atoms with Gasteiger partial charge in [0.2, 0.25) is 5.91 Å². The maximum Gasteiger partial charge on any atom is 0.329 e. The molecule has 2 amide bonds. The Hall–Kier alpha value is -1.89. The van der Waals surface area contributed by atoms with Crippen molar-refractivity contribution in [3.05, 3.63) is 18.7 Å². The normalized spacial score (nSPS) is 10.1. The summed E-state index contributed by atoms with van der Waals surface area (Å²) < 4.78 is 6.18. The topological polar surface area (TPSA) is 76.5 Å². The van der Waals surface area contributed by atoms with Crippen molar-refractivity contribution in [2.45, 2.75) is 6.42 Å². The van der Waals surface area contributed by atoms with Crippen LogP contribution in [-0.2, 0) is 9.53 Å². The predicted molar refractivity (Wildman–Crippen MR) is 65.2 cm³/mol. The fourth-order valence-corrected chi connectivity index (χ4v) is 1.35. The van der Waals surface area contributed by atoms with E-state index in [1.54, 1.807) is 14.2 Å². The van der Waals surface area contributed by atoms with Crippen molar-refractivity contribution >= 4 is 11.9 Å². The third-order valence-electron chi connectivity index (χ3n) is 2.28. The number of likely N-dealkylation sites (N-methyl/N-ethyl adjacent to an activating group) is 1. The van der Waals surface area contributed by atoms with Gasteiger partial charge in [-0.1, -0.05) is 0 Å². The first-order valence-corrected chi connectivity index (χ1v) is 5.64. The number of nitrogens with zero attached hydrogens (tertiary/aromatic N) is 3. The van der Waals surface area contributed by atoms with Gasteiger partial charge in [-0.25, -0.2) is 9.78 Å². The fourth-order valence-electron chi connectivity index (χ4n) is 1.35. The monoisotopic (exact) mass is 254 g/mol. The molecule has 0 bridgehead atoms. The number of hydrogen-bond acceptors (Lipinski definition) is 4. The fraction of sp³-hybridized carbons (Fsp3) is 0.545. The summed E-state index contributed by atoms with van der Waals surface area (Å²) in [4.78, 5) is 28.4. The number of rotatable bonds is 6. The van der Waals surface area contributed by atoms with Crippen LogP contribution < -0.4 is 5.32 Å². The Bertz CT molecular complexity index is 378. The zero-order chi connectivity index (χ0) is 13.4. The van der Waals surface area contributed by atoms with Crippen molar-refractivity contribution in [1.29, 1.82) is 0 Å². The van der Waals surface area contributed by atoms with Gasteiger partial charge in [0.1, 0.15) is 12.9 Å². The number of aromatic nitrogens is 2. The van der Waals surface area contributed by atoms with Gasteiger partial charge in [-0.2, -0.15) is 0 Å². The summed E-state index contributed by atoms with van der Waals surface area (Å²) in [5.41, 5.74) is 0. The van der Waals surface area contributed by atoms with E-state index in [9.17, 15) is 9.59 Å². The van der Waals surface area contributed by atoms with Gasteiger partial charge in [-0.3, -0.25) is 9.36 Å². The largest absolute Gasteiger partial charge is 0.385 e. The average Bonchev–Trinajstić information content (AvgIpc) is 2.87. The van der Waals surface area contributed by atoms with E-state index in [0.717, 1.165) is 6.42 Å². The van der Waals surface area contributed by atoms with Gasteiger partial charge in [0.05, 0.1) is 0 Å². The minimum absolute atomic E-state index is 0.0179. The van der Waals surface area contributed by atoms with Crippen molar-refractivity contribution < 1.29 is 14.3 Å². The van der Waals surface area contributed by atoms with Crippen LogP contribution in [0.25, 0.3) is 0 Å². The van der Waals surface area contributed by atoms with Crippen molar-refractivity contribution in [2.75, 3.05) is 33.9 Å². The molecule has 1 aromatic rings. The summed E-state index contributed by atoms with van der Waals surface area (Å²) in [7, 11) is 3.18. The highest BCUT2D eigenvalue weighted by molar-refractivity contribution is 5.84. The van der Waals surface area contributed by atoms with Crippen molar-refractivity contribution in [1.82, 2.24) is 19.8 Å². The van der Waals surface area contributed by atoms with E-state index in [-0.39, 0.29) is 18.5 Å². The summed E-state index contributed by atoms with van der Waals surface area (Å²) in [5.74, 6) is -0.193. The Morgan fingerprint density at radius 2 is 2.28 bits per heavy atom. The Morgan fingerprint density at radius 1 is 1.50 bits per heavy atom. The molecule has 1 heterocycles. The Balaban J connectivity index is 2.29. The zero-order valence-corrected chi connectivity index (χ0v) is 10.6. The minimum atomic E-state index is -0.292. The van der Waals surface area contributed by atoms with Crippen molar-refractivity contribution in [3.8, 4) is 0 Å². The maximum atomic E-state index is 11.8. The molecule has 0 atom stereocenters. The third-order valence-corrected chi connectivity index (χ3v) is 2.28. The lowest BCUT2D eigenvalue weighted by Gasteiger charge is -2.16. The lowest BCUT2D eigenvalue weighted by Crippen LogP contribution is -2.40. The van der Waals surface area contributed by atoms with E-state index in [1.807, 2.05) is 0 Å². The van der Waals surface area contributed by atoms with E-state index in [0.29, 0.717) is 13.2 Å². The van der Waals surface area contributed by atoms with E-state index in [4.69, 9.17) is 4.74 Å². The number of amides is 2. The van der Waals surface area contributed by atoms with Crippen LogP contribution in [0, 0.1) is 0 Å². The maximum absolute atomic E-state index is 11.8. The molecule has 1 N–H and O–H groups in total. The van der Waals surface area contributed by atoms with E-state index in [2.05, 4.69) is 10.3 Å². The van der Waals surface area contributed by atoms with Gasteiger partial charge in [0, 0.05) is 39.7 Å². The summed E-state index contributed by atoms with van der Waals surface area (Å²) in [6.45, 7) is 1.16. The van der Waals surface area contributed by atoms with Gasteiger partial charge < -0.3 is 15.0 Å². The lowest BCUT2D eigenvalue weighted by atomic mass is 10.4. The molecule has 0 aliphatic heterocycles. The Morgan fingerprint density at radius 3 is 2.89 bits per heavy atom. The van der Waals surface area contributed by atoms with Crippen LogP contribution in [0.1, 0.15) is 6.42 Å². The first-order chi connectivity index (χ1) is 8.65. The summed E-state index contributed by atoms with van der Waals surface area (Å²) in [6, 6.07) is -0.292. The molecule has 7 nitrogen and oxygen atoms in total. The molecule has 0 saturated heterocycles. The van der Waals surface area contributed by atoms with Crippen LogP contribution in [-0.4, -0.2) is 60.2 Å². The van der Waals surface area contributed by atoms with Crippen molar-refractivity contribution in [2.24, 2.45) is 0 Å². The number of imidazole rings is 1. The molecule has 100 valence electrons. The highest BCUT2D eigenvalue weighted by atomic mass is 16.5. The van der Waals surface area contributed by atoms with E-state index >= 15 is 0 Å². The van der Waals surface area contributed by atoms with Gasteiger partial charge in [-0.15, -0.1) is 0 Å². The number of methoxy groups -OCH3 is 1. The first-order valence-electron chi connectivity index (χ1n) is 5.64. The van der Waals surface area contributed by atoms with Crippen LogP contribution in [0.5, 0.6) is 0 Å². The molecule has 0 aliphatic carbocycles. The summed E-state index contributed by atoms with van der Waals surface area (Å²) >= 11 is 0. The standard InChI is InChI=1S/C11H18N4O3/c1-14(11(17)15-6-5-12-9-15)8-10(16)13-4-3-7-18-2/h5-6,9H,3-4,7-8H2,1-2H3,(H,13,16). The van der Waals surface area contributed by atoms with Crippen molar-refractivity contribution in [3.63, 3.8) is 0 Å². The third kappa shape index (κ3) is 4.54. The number of ether oxygens (including phenoxy) is 1. The van der Waals surface area contributed by atoms with Gasteiger partial charge >= 0.3 is 6.03 Å². The lowest BCUT2D eigenvalue weighted by molar-refractivity contribution is -0.121. The first kappa shape index (κ1) is 14.2. The second-order valence-corrected chi connectivity index (χ2v) is 3.80. The second kappa shape index (κ2) is 7.44. The number of carbonyl (C=O) groups excluding carboxylic acids is 2. The number of nitrogens with one attached hydrogen (secondary N) is 1. The Kier molecular flexibility index (Phi) is 5.86. The minimum Gasteiger partial charge on any atom is -0.385 e. The summed E-state index contributed by atoms with van der Waals surface area (Å²) in [5, 5.41) is 2.71. The molecule has 1 aromatic heterocycles. The zero-order valence-electron chi connectivity index (χ0n) is 10.6. The molecule has 18 heavy (non-hydrogen) atoms. The highest BCUT2D eigenvalue weighted by Gasteiger charge is 2.13. The van der Waals surface area contributed by atoms with Crippen LogP contribution in [0.15, 0.2) is 18.7 Å². The molecule has 7 heteroatoms. The quantitative estimate of drug-likeness (QED) is 0.721. The highest BCUT2D eigenvalue weighted by Crippen LogP contribution is 1.93. The molecule has 0 unspecified atom stereocenters. The van der Waals surface area contributed by atoms with E-state index in [1.165, 1.54) is 28.2 Å². The summed E-state index contributed by atoms with van der Waals surface area (Å²) in [6.07, 6.45) is 5.20. The molecule has 0 aromatic carbocycles. The molecular weight excluding hydrogens is 236 g/mol. The Labute approximate surface area is 106 Å². The van der Waals surface area contributed by atoms with Crippen LogP contribution in [0.4, 0.5) is 4.79 Å². The number of carbonyl (C=O) groups is 2. The second-order valence-electron chi connectivity index (χ2n) is 3.80. The SMILES string of the molecule is COCCCNC(=O)CN(C)C(=O)n1ccnc1. The van der Waals surface area contributed by atoms with Crippen LogP contribution in [0.3, 0.4) is 0 Å². The van der Waals surface area contributed by atoms with E-state index < -0.39 is 0 Å². The molecular formula is C11H18N4O3. The molecule has 1 rings (SSSR count). The van der Waals surface area contributed by atoms with Gasteiger partial charge in [-0.05, 0) is 6.42 Å². The average molecular weight is 254 g/mol. The molecule has 0 fully saturated rings. The predicted octanol–water partition coefficient (Wildman–Crippen LogP) is -0.0643. The smallest absolute Gasteiger partial charge is 0.329 e. The van der Waals surface area contributed by atoms with Crippen LogP contribution >= 0.6 is 0 Å². The van der Waals surface area contributed by atoms with Crippen LogP contribution in [0.2, 0.25) is 0 Å². The molecule has 0 saturated carbocycles. The molecule has 0 radical (unpaired) electrons. The molecule has 0 aliphatic rings. The number of hydrogen-bond donors (Lipinski definition) is 1. The van der Waals surface area contributed by atoms with Gasteiger partial charge in [0.15, 0.2) is 0 Å².